The molecule has 19 heavy (non-hydrogen) atoms. The number of hydrogen-bond acceptors (Lipinski definition) is 4. The third kappa shape index (κ3) is 2.71. The standard InChI is InChI=1S/C13H13ClN2O3/c1-16-7-11(14)15-12(13(16)17)8-4-9(18-2)6-10(5-8)19-3/h4-7H,1-3H3. The summed E-state index contributed by atoms with van der Waals surface area (Å²) < 4.78 is 11.7. The van der Waals surface area contributed by atoms with Crippen LogP contribution in [0.25, 0.3) is 11.3 Å². The highest BCUT2D eigenvalue weighted by molar-refractivity contribution is 6.29. The van der Waals surface area contributed by atoms with Gasteiger partial charge in [0.2, 0.25) is 0 Å². The summed E-state index contributed by atoms with van der Waals surface area (Å²) in [6.07, 6.45) is 1.46. The Hall–Kier alpha value is -2.01. The monoisotopic (exact) mass is 280 g/mol. The molecule has 5 nitrogen and oxygen atoms in total. The molecule has 0 saturated heterocycles. The van der Waals surface area contributed by atoms with Crippen molar-refractivity contribution in [3.05, 3.63) is 39.9 Å². The van der Waals surface area contributed by atoms with E-state index in [1.165, 1.54) is 10.8 Å². The molecule has 0 fully saturated rings. The number of aromatic nitrogens is 2. The number of halogens is 1. The molecule has 0 atom stereocenters. The Kier molecular flexibility index (Phi) is 3.76. The fraction of sp³-hybridized carbons (Fsp3) is 0.231. The van der Waals surface area contributed by atoms with Crippen LogP contribution >= 0.6 is 11.6 Å². The van der Waals surface area contributed by atoms with Crippen LogP contribution in [0.15, 0.2) is 29.2 Å². The van der Waals surface area contributed by atoms with E-state index in [4.69, 9.17) is 21.1 Å². The van der Waals surface area contributed by atoms with Crippen molar-refractivity contribution in [3.8, 4) is 22.8 Å². The predicted molar refractivity (Wildman–Crippen MR) is 73.0 cm³/mol. The minimum Gasteiger partial charge on any atom is -0.497 e. The predicted octanol–water partition coefficient (Wildman–Crippen LogP) is 2.12. The summed E-state index contributed by atoms with van der Waals surface area (Å²) in [5, 5.41) is 0.249. The van der Waals surface area contributed by atoms with Gasteiger partial charge in [-0.1, -0.05) is 11.6 Å². The first-order chi connectivity index (χ1) is 9.05. The van der Waals surface area contributed by atoms with Crippen LogP contribution in [-0.2, 0) is 7.05 Å². The molecule has 0 N–H and O–H groups in total. The summed E-state index contributed by atoms with van der Waals surface area (Å²) in [6, 6.07) is 5.14. The second-order valence-corrected chi connectivity index (χ2v) is 4.32. The van der Waals surface area contributed by atoms with Gasteiger partial charge in [0, 0.05) is 24.9 Å². The van der Waals surface area contributed by atoms with Crippen LogP contribution in [0.3, 0.4) is 0 Å². The molecule has 1 heterocycles. The van der Waals surface area contributed by atoms with E-state index >= 15 is 0 Å². The van der Waals surface area contributed by atoms with Gasteiger partial charge >= 0.3 is 0 Å². The van der Waals surface area contributed by atoms with E-state index in [1.807, 2.05) is 0 Å². The number of hydrogen-bond donors (Lipinski definition) is 0. The lowest BCUT2D eigenvalue weighted by molar-refractivity contribution is 0.394. The molecule has 0 aliphatic carbocycles. The van der Waals surface area contributed by atoms with Crippen LogP contribution < -0.4 is 15.0 Å². The lowest BCUT2D eigenvalue weighted by Crippen LogP contribution is -2.19. The van der Waals surface area contributed by atoms with E-state index in [2.05, 4.69) is 4.98 Å². The number of nitrogens with zero attached hydrogens (tertiary/aromatic N) is 2. The van der Waals surface area contributed by atoms with E-state index in [0.29, 0.717) is 17.1 Å². The zero-order chi connectivity index (χ0) is 14.0. The normalized spacial score (nSPS) is 10.3. The molecule has 2 rings (SSSR count). The highest BCUT2D eigenvalue weighted by Gasteiger charge is 2.11. The molecule has 0 amide bonds. The van der Waals surface area contributed by atoms with Gasteiger partial charge < -0.3 is 14.0 Å². The Balaban J connectivity index is 2.68. The summed E-state index contributed by atoms with van der Waals surface area (Å²) in [5.74, 6) is 1.16. The lowest BCUT2D eigenvalue weighted by atomic mass is 10.1. The Morgan fingerprint density at radius 2 is 1.74 bits per heavy atom. The Morgan fingerprint density at radius 1 is 1.16 bits per heavy atom. The first-order valence-electron chi connectivity index (χ1n) is 5.51. The summed E-state index contributed by atoms with van der Waals surface area (Å²) in [7, 11) is 4.71. The fourth-order valence-electron chi connectivity index (χ4n) is 1.70. The van der Waals surface area contributed by atoms with Gasteiger partial charge in [-0.2, -0.15) is 0 Å². The number of ether oxygens (including phenoxy) is 2. The number of aryl methyl sites for hydroxylation is 1. The van der Waals surface area contributed by atoms with Crippen LogP contribution in [0, 0.1) is 0 Å². The van der Waals surface area contributed by atoms with Crippen LogP contribution in [0.5, 0.6) is 11.5 Å². The van der Waals surface area contributed by atoms with Crippen molar-refractivity contribution >= 4 is 11.6 Å². The van der Waals surface area contributed by atoms with Gasteiger partial charge in [-0.3, -0.25) is 4.79 Å². The SMILES string of the molecule is COc1cc(OC)cc(-c2nc(Cl)cn(C)c2=O)c1. The largest absolute Gasteiger partial charge is 0.497 e. The zero-order valence-electron chi connectivity index (χ0n) is 10.8. The maximum absolute atomic E-state index is 12.1. The summed E-state index contributed by atoms with van der Waals surface area (Å²) in [4.78, 5) is 16.2. The van der Waals surface area contributed by atoms with E-state index in [0.717, 1.165) is 0 Å². The van der Waals surface area contributed by atoms with Gasteiger partial charge in [-0.05, 0) is 12.1 Å². The maximum atomic E-state index is 12.1. The first kappa shape index (κ1) is 13.4. The smallest absolute Gasteiger partial charge is 0.276 e. The highest BCUT2D eigenvalue weighted by Crippen LogP contribution is 2.27. The average Bonchev–Trinajstić information content (AvgIpc) is 2.42. The van der Waals surface area contributed by atoms with Gasteiger partial charge in [-0.15, -0.1) is 0 Å². The third-order valence-corrected chi connectivity index (χ3v) is 2.85. The van der Waals surface area contributed by atoms with Crippen LogP contribution in [0.4, 0.5) is 0 Å². The average molecular weight is 281 g/mol. The van der Waals surface area contributed by atoms with Crippen LogP contribution in [0.1, 0.15) is 0 Å². The van der Waals surface area contributed by atoms with E-state index in [1.54, 1.807) is 39.5 Å². The molecular weight excluding hydrogens is 268 g/mol. The van der Waals surface area contributed by atoms with Gasteiger partial charge in [-0.25, -0.2) is 4.98 Å². The summed E-state index contributed by atoms with van der Waals surface area (Å²) in [6.45, 7) is 0. The number of rotatable bonds is 3. The van der Waals surface area contributed by atoms with Crippen molar-refractivity contribution in [1.29, 1.82) is 0 Å². The van der Waals surface area contributed by atoms with Gasteiger partial charge in [0.1, 0.15) is 22.3 Å². The highest BCUT2D eigenvalue weighted by atomic mass is 35.5. The lowest BCUT2D eigenvalue weighted by Gasteiger charge is -2.09. The van der Waals surface area contributed by atoms with E-state index < -0.39 is 0 Å². The fourth-order valence-corrected chi connectivity index (χ4v) is 1.93. The molecule has 1 aromatic carbocycles. The molecule has 6 heteroatoms. The first-order valence-corrected chi connectivity index (χ1v) is 5.89. The molecule has 1 aromatic heterocycles. The molecular formula is C13H13ClN2O3. The van der Waals surface area contributed by atoms with Crippen molar-refractivity contribution in [3.63, 3.8) is 0 Å². The topological polar surface area (TPSA) is 53.4 Å². The van der Waals surface area contributed by atoms with Crippen molar-refractivity contribution in [2.24, 2.45) is 7.05 Å². The van der Waals surface area contributed by atoms with Crippen molar-refractivity contribution < 1.29 is 9.47 Å². The molecule has 0 bridgehead atoms. The molecule has 0 aliphatic rings. The molecule has 2 aromatic rings. The second kappa shape index (κ2) is 5.32. The number of benzene rings is 1. The molecule has 0 aliphatic heterocycles. The van der Waals surface area contributed by atoms with Crippen LogP contribution in [-0.4, -0.2) is 23.8 Å². The third-order valence-electron chi connectivity index (χ3n) is 2.67. The molecule has 0 saturated carbocycles. The van der Waals surface area contributed by atoms with Crippen LogP contribution in [0.2, 0.25) is 5.15 Å². The maximum Gasteiger partial charge on any atom is 0.276 e. The molecule has 0 radical (unpaired) electrons. The molecule has 0 unspecified atom stereocenters. The quantitative estimate of drug-likeness (QED) is 0.864. The van der Waals surface area contributed by atoms with Gasteiger partial charge in [0.05, 0.1) is 14.2 Å². The summed E-state index contributed by atoms with van der Waals surface area (Å²) in [5.41, 5.74) is 0.617. The molecule has 100 valence electrons. The molecule has 0 spiro atoms. The van der Waals surface area contributed by atoms with Gasteiger partial charge in [0.25, 0.3) is 5.56 Å². The van der Waals surface area contributed by atoms with Crippen molar-refractivity contribution in [2.45, 2.75) is 0 Å². The Labute approximate surface area is 115 Å². The number of methoxy groups -OCH3 is 2. The van der Waals surface area contributed by atoms with E-state index in [9.17, 15) is 4.79 Å². The Bertz CT molecular complexity index is 645. The van der Waals surface area contributed by atoms with Crippen molar-refractivity contribution in [2.75, 3.05) is 14.2 Å². The van der Waals surface area contributed by atoms with E-state index in [-0.39, 0.29) is 16.4 Å². The summed E-state index contributed by atoms with van der Waals surface area (Å²) >= 11 is 5.89. The van der Waals surface area contributed by atoms with Gasteiger partial charge in [0.15, 0.2) is 0 Å². The minimum absolute atomic E-state index is 0.236. The second-order valence-electron chi connectivity index (χ2n) is 3.93. The Morgan fingerprint density at radius 3 is 2.26 bits per heavy atom. The zero-order valence-corrected chi connectivity index (χ0v) is 11.6. The van der Waals surface area contributed by atoms with Crippen molar-refractivity contribution in [1.82, 2.24) is 9.55 Å². The minimum atomic E-state index is -0.236.